The fourth-order valence-electron chi connectivity index (χ4n) is 2.23. The van der Waals surface area contributed by atoms with E-state index in [2.05, 4.69) is 40.3 Å². The molecule has 7 heteroatoms. The molecule has 2 rings (SSSR count). The van der Waals surface area contributed by atoms with Crippen molar-refractivity contribution in [1.29, 1.82) is 0 Å². The number of hydrazone groups is 1. The molecule has 0 heterocycles. The molecule has 26 heavy (non-hydrogen) atoms. The lowest BCUT2D eigenvalue weighted by atomic mass is 10.0. The maximum atomic E-state index is 12.0. The number of aryl methyl sites for hydroxylation is 1. The number of halogens is 3. The highest BCUT2D eigenvalue weighted by molar-refractivity contribution is 9.10. The minimum atomic E-state index is -0.375. The van der Waals surface area contributed by atoms with E-state index >= 15 is 0 Å². The van der Waals surface area contributed by atoms with Crippen LogP contribution in [0, 0.1) is 6.92 Å². The lowest BCUT2D eigenvalue weighted by Crippen LogP contribution is -2.25. The molecule has 0 spiro atoms. The summed E-state index contributed by atoms with van der Waals surface area (Å²) in [6.45, 7) is 5.97. The Morgan fingerprint density at radius 2 is 1.96 bits per heavy atom. The molecule has 0 unspecified atom stereocenters. The van der Waals surface area contributed by atoms with Crippen LogP contribution in [0.1, 0.15) is 36.5 Å². The summed E-state index contributed by atoms with van der Waals surface area (Å²) >= 11 is 15.6. The van der Waals surface area contributed by atoms with Crippen LogP contribution < -0.4 is 10.2 Å². The lowest BCUT2D eigenvalue weighted by Gasteiger charge is -2.15. The van der Waals surface area contributed by atoms with Gasteiger partial charge in [0.15, 0.2) is 6.61 Å². The van der Waals surface area contributed by atoms with Crippen molar-refractivity contribution < 1.29 is 9.53 Å². The van der Waals surface area contributed by atoms with Gasteiger partial charge in [-0.25, -0.2) is 5.43 Å². The third-order valence-corrected chi connectivity index (χ3v) is 5.17. The summed E-state index contributed by atoms with van der Waals surface area (Å²) in [5.41, 5.74) is 5.02. The van der Waals surface area contributed by atoms with E-state index in [-0.39, 0.29) is 18.4 Å². The molecular formula is C19H19BrCl2N2O2. The van der Waals surface area contributed by atoms with Gasteiger partial charge in [0, 0.05) is 10.0 Å². The number of rotatable bonds is 6. The van der Waals surface area contributed by atoms with Gasteiger partial charge in [-0.05, 0) is 48.2 Å². The number of carbonyl (C=O) groups excluding carboxylic acids is 1. The first-order valence-corrected chi connectivity index (χ1v) is 9.53. The Balaban J connectivity index is 1.99. The van der Waals surface area contributed by atoms with Crippen molar-refractivity contribution in [3.05, 3.63) is 61.5 Å². The SMILES string of the molecule is Cc1cc(OCC(=O)N/N=C/c2c(Cl)cccc2Cl)c(C(C)C)cc1Br. The summed E-state index contributed by atoms with van der Waals surface area (Å²) in [5, 5.41) is 4.80. The number of ether oxygens (including phenoxy) is 1. The van der Waals surface area contributed by atoms with Crippen LogP contribution in [0.25, 0.3) is 0 Å². The summed E-state index contributed by atoms with van der Waals surface area (Å²) in [6, 6.07) is 9.07. The van der Waals surface area contributed by atoms with Crippen molar-refractivity contribution in [3.8, 4) is 5.75 Å². The molecule has 0 fully saturated rings. The topological polar surface area (TPSA) is 50.7 Å². The predicted molar refractivity (Wildman–Crippen MR) is 111 cm³/mol. The first kappa shape index (κ1) is 20.7. The van der Waals surface area contributed by atoms with Crippen molar-refractivity contribution in [1.82, 2.24) is 5.43 Å². The smallest absolute Gasteiger partial charge is 0.277 e. The van der Waals surface area contributed by atoms with E-state index in [1.807, 2.05) is 19.1 Å². The van der Waals surface area contributed by atoms with Gasteiger partial charge in [0.1, 0.15) is 5.75 Å². The van der Waals surface area contributed by atoms with Gasteiger partial charge in [-0.15, -0.1) is 0 Å². The van der Waals surface area contributed by atoms with Crippen LogP contribution in [-0.4, -0.2) is 18.7 Å². The van der Waals surface area contributed by atoms with Crippen molar-refractivity contribution in [2.45, 2.75) is 26.7 Å². The van der Waals surface area contributed by atoms with E-state index in [0.29, 0.717) is 21.4 Å². The molecule has 2 aromatic rings. The highest BCUT2D eigenvalue weighted by Crippen LogP contribution is 2.32. The minimum absolute atomic E-state index is 0.144. The van der Waals surface area contributed by atoms with Gasteiger partial charge in [0.25, 0.3) is 5.91 Å². The van der Waals surface area contributed by atoms with E-state index in [0.717, 1.165) is 15.6 Å². The van der Waals surface area contributed by atoms with Crippen LogP contribution in [0.5, 0.6) is 5.75 Å². The van der Waals surface area contributed by atoms with Gasteiger partial charge in [-0.1, -0.05) is 59.0 Å². The number of hydrogen-bond acceptors (Lipinski definition) is 3. The molecular weight excluding hydrogens is 439 g/mol. The quantitative estimate of drug-likeness (QED) is 0.445. The third kappa shape index (κ3) is 5.47. The Morgan fingerprint density at radius 1 is 1.31 bits per heavy atom. The Bertz CT molecular complexity index is 818. The molecule has 0 bridgehead atoms. The average Bonchev–Trinajstić information content (AvgIpc) is 2.58. The summed E-state index contributed by atoms with van der Waals surface area (Å²) < 4.78 is 6.70. The zero-order valence-electron chi connectivity index (χ0n) is 14.6. The van der Waals surface area contributed by atoms with Gasteiger partial charge >= 0.3 is 0 Å². The molecule has 0 aromatic heterocycles. The van der Waals surface area contributed by atoms with E-state index in [1.54, 1.807) is 18.2 Å². The standard InChI is InChI=1S/C19H19BrCl2N2O2/c1-11(2)13-8-15(20)12(3)7-18(13)26-10-19(25)24-23-9-14-16(21)5-4-6-17(14)22/h4-9,11H,10H2,1-3H3,(H,24,25)/b23-9+. The van der Waals surface area contributed by atoms with E-state index in [9.17, 15) is 4.79 Å². The number of amides is 1. The number of carbonyl (C=O) groups is 1. The van der Waals surface area contributed by atoms with Gasteiger partial charge in [-0.2, -0.15) is 5.10 Å². The highest BCUT2D eigenvalue weighted by Gasteiger charge is 2.12. The van der Waals surface area contributed by atoms with Crippen LogP contribution in [0.4, 0.5) is 0 Å². The van der Waals surface area contributed by atoms with Crippen LogP contribution >= 0.6 is 39.1 Å². The van der Waals surface area contributed by atoms with Crippen LogP contribution in [0.15, 0.2) is 39.9 Å². The predicted octanol–water partition coefficient (Wildman–Crippen LogP) is 5.72. The van der Waals surface area contributed by atoms with Crippen LogP contribution in [0.2, 0.25) is 10.0 Å². The molecule has 0 aliphatic carbocycles. The van der Waals surface area contributed by atoms with Gasteiger partial charge in [0.2, 0.25) is 0 Å². The van der Waals surface area contributed by atoms with Crippen molar-refractivity contribution >= 4 is 51.3 Å². The molecule has 0 radical (unpaired) electrons. The first-order chi connectivity index (χ1) is 12.3. The maximum absolute atomic E-state index is 12.0. The average molecular weight is 458 g/mol. The molecule has 4 nitrogen and oxygen atoms in total. The lowest BCUT2D eigenvalue weighted by molar-refractivity contribution is -0.123. The second kappa shape index (κ2) is 9.40. The second-order valence-electron chi connectivity index (χ2n) is 6.01. The molecule has 1 amide bonds. The monoisotopic (exact) mass is 456 g/mol. The Kier molecular flexibility index (Phi) is 7.50. The van der Waals surface area contributed by atoms with Crippen LogP contribution in [-0.2, 0) is 4.79 Å². The Morgan fingerprint density at radius 3 is 2.58 bits per heavy atom. The normalized spacial score (nSPS) is 11.2. The van der Waals surface area contributed by atoms with E-state index in [1.165, 1.54) is 6.21 Å². The molecule has 0 atom stereocenters. The second-order valence-corrected chi connectivity index (χ2v) is 7.68. The first-order valence-electron chi connectivity index (χ1n) is 7.98. The zero-order chi connectivity index (χ0) is 19.3. The Labute approximate surface area is 171 Å². The van der Waals surface area contributed by atoms with Crippen molar-refractivity contribution in [3.63, 3.8) is 0 Å². The highest BCUT2D eigenvalue weighted by atomic mass is 79.9. The third-order valence-electron chi connectivity index (χ3n) is 3.65. The van der Waals surface area contributed by atoms with Gasteiger partial charge in [0.05, 0.1) is 16.3 Å². The summed E-state index contributed by atoms with van der Waals surface area (Å²) in [7, 11) is 0. The maximum Gasteiger partial charge on any atom is 0.277 e. The molecule has 0 saturated heterocycles. The zero-order valence-corrected chi connectivity index (χ0v) is 17.7. The van der Waals surface area contributed by atoms with Crippen molar-refractivity contribution in [2.24, 2.45) is 5.10 Å². The number of benzene rings is 2. The molecule has 1 N–H and O–H groups in total. The Hall–Kier alpha value is -1.56. The fourth-order valence-corrected chi connectivity index (χ4v) is 3.08. The van der Waals surface area contributed by atoms with Gasteiger partial charge in [-0.3, -0.25) is 4.79 Å². The number of hydrogen-bond donors (Lipinski definition) is 1. The largest absolute Gasteiger partial charge is 0.483 e. The van der Waals surface area contributed by atoms with Crippen LogP contribution in [0.3, 0.4) is 0 Å². The van der Waals surface area contributed by atoms with E-state index < -0.39 is 0 Å². The summed E-state index contributed by atoms with van der Waals surface area (Å²) in [6.07, 6.45) is 1.41. The molecule has 0 saturated carbocycles. The molecule has 138 valence electrons. The summed E-state index contributed by atoms with van der Waals surface area (Å²) in [4.78, 5) is 12.0. The molecule has 2 aromatic carbocycles. The number of nitrogens with zero attached hydrogens (tertiary/aromatic N) is 1. The van der Waals surface area contributed by atoms with E-state index in [4.69, 9.17) is 27.9 Å². The van der Waals surface area contributed by atoms with Gasteiger partial charge < -0.3 is 4.74 Å². The molecule has 0 aliphatic rings. The summed E-state index contributed by atoms with van der Waals surface area (Å²) in [5.74, 6) is 0.582. The molecule has 0 aliphatic heterocycles. The fraction of sp³-hybridized carbons (Fsp3) is 0.263. The minimum Gasteiger partial charge on any atom is -0.483 e. The number of nitrogens with one attached hydrogen (secondary N) is 1. The van der Waals surface area contributed by atoms with Crippen molar-refractivity contribution in [2.75, 3.05) is 6.61 Å².